The van der Waals surface area contributed by atoms with Crippen molar-refractivity contribution < 1.29 is 0 Å². The molecule has 1 heterocycles. The first-order chi connectivity index (χ1) is 6.74. The molecular weight excluding hydrogens is 172 g/mol. The van der Waals surface area contributed by atoms with Gasteiger partial charge in [-0.15, -0.1) is 0 Å². The molecule has 2 nitrogen and oxygen atoms in total. The summed E-state index contributed by atoms with van der Waals surface area (Å²) in [7, 11) is 4.34. The van der Waals surface area contributed by atoms with E-state index in [0.29, 0.717) is 0 Å². The summed E-state index contributed by atoms with van der Waals surface area (Å²) in [4.78, 5) is 2.30. The highest BCUT2D eigenvalue weighted by Gasteiger charge is 2.21. The molecule has 14 heavy (non-hydrogen) atoms. The van der Waals surface area contributed by atoms with Crippen LogP contribution in [-0.4, -0.2) is 38.6 Å². The van der Waals surface area contributed by atoms with Crippen LogP contribution in [0.1, 0.15) is 32.6 Å². The van der Waals surface area contributed by atoms with Crippen molar-refractivity contribution in [1.82, 2.24) is 10.2 Å². The third kappa shape index (κ3) is 3.97. The summed E-state index contributed by atoms with van der Waals surface area (Å²) >= 11 is 0. The van der Waals surface area contributed by atoms with Crippen LogP contribution in [0, 0.1) is 11.8 Å². The van der Waals surface area contributed by atoms with Crippen molar-refractivity contribution in [3.8, 4) is 0 Å². The Morgan fingerprint density at radius 3 is 2.71 bits per heavy atom. The molecular formula is C12H26N2. The molecule has 0 radical (unpaired) electrons. The zero-order valence-electron chi connectivity index (χ0n) is 10.1. The molecule has 1 saturated heterocycles. The Hall–Kier alpha value is -0.0800. The van der Waals surface area contributed by atoms with Crippen LogP contribution in [0.25, 0.3) is 0 Å². The number of rotatable bonds is 5. The third-order valence-corrected chi connectivity index (χ3v) is 3.47. The molecule has 1 N–H and O–H groups in total. The zero-order chi connectivity index (χ0) is 10.4. The Bertz CT molecular complexity index is 139. The van der Waals surface area contributed by atoms with Crippen molar-refractivity contribution in [3.05, 3.63) is 0 Å². The van der Waals surface area contributed by atoms with E-state index in [2.05, 4.69) is 31.2 Å². The maximum absolute atomic E-state index is 3.52. The zero-order valence-corrected chi connectivity index (χ0v) is 10.1. The fourth-order valence-electron chi connectivity index (χ4n) is 2.48. The molecule has 84 valence electrons. The molecule has 1 fully saturated rings. The standard InChI is InChI=1S/C12H26N2/c1-4-11(7-9-14(2)3)12-6-5-8-13-10-12/h11-13H,4-10H2,1-3H3. The highest BCUT2D eigenvalue weighted by atomic mass is 15.0. The molecule has 0 spiro atoms. The highest BCUT2D eigenvalue weighted by molar-refractivity contribution is 4.76. The first-order valence-electron chi connectivity index (χ1n) is 6.09. The molecule has 1 rings (SSSR count). The van der Waals surface area contributed by atoms with Gasteiger partial charge in [-0.3, -0.25) is 0 Å². The van der Waals surface area contributed by atoms with Crippen LogP contribution in [0.15, 0.2) is 0 Å². The largest absolute Gasteiger partial charge is 0.316 e. The van der Waals surface area contributed by atoms with Gasteiger partial charge in [-0.05, 0) is 64.8 Å². The van der Waals surface area contributed by atoms with E-state index in [1.807, 2.05) is 0 Å². The van der Waals surface area contributed by atoms with Crippen molar-refractivity contribution >= 4 is 0 Å². The van der Waals surface area contributed by atoms with Crippen LogP contribution in [0.5, 0.6) is 0 Å². The summed E-state index contributed by atoms with van der Waals surface area (Å²) in [5, 5.41) is 3.52. The SMILES string of the molecule is CCC(CCN(C)C)C1CCCNC1. The average Bonchev–Trinajstić information content (AvgIpc) is 2.20. The molecule has 1 aliphatic rings. The molecule has 0 amide bonds. The predicted molar refractivity (Wildman–Crippen MR) is 62.5 cm³/mol. The Kier molecular flexibility index (Phi) is 5.49. The van der Waals surface area contributed by atoms with E-state index in [-0.39, 0.29) is 0 Å². The van der Waals surface area contributed by atoms with Crippen molar-refractivity contribution in [1.29, 1.82) is 0 Å². The Labute approximate surface area is 89.1 Å². The number of nitrogens with zero attached hydrogens (tertiary/aromatic N) is 1. The summed E-state index contributed by atoms with van der Waals surface area (Å²) in [6.07, 6.45) is 5.54. The van der Waals surface area contributed by atoms with Crippen LogP contribution in [0.4, 0.5) is 0 Å². The lowest BCUT2D eigenvalue weighted by atomic mass is 9.82. The molecule has 0 bridgehead atoms. The first-order valence-corrected chi connectivity index (χ1v) is 6.09. The predicted octanol–water partition coefficient (Wildman–Crippen LogP) is 1.96. The summed E-state index contributed by atoms with van der Waals surface area (Å²) in [6, 6.07) is 0. The number of piperidine rings is 1. The number of nitrogens with one attached hydrogen (secondary N) is 1. The lowest BCUT2D eigenvalue weighted by Crippen LogP contribution is -2.35. The highest BCUT2D eigenvalue weighted by Crippen LogP contribution is 2.25. The van der Waals surface area contributed by atoms with Crippen molar-refractivity contribution in [2.24, 2.45) is 11.8 Å². The smallest absolute Gasteiger partial charge is 0.00179 e. The topological polar surface area (TPSA) is 15.3 Å². The molecule has 2 unspecified atom stereocenters. The molecule has 0 aromatic heterocycles. The van der Waals surface area contributed by atoms with E-state index in [1.54, 1.807) is 0 Å². The molecule has 0 aliphatic carbocycles. The van der Waals surface area contributed by atoms with Gasteiger partial charge in [0.2, 0.25) is 0 Å². The van der Waals surface area contributed by atoms with Gasteiger partial charge in [0.15, 0.2) is 0 Å². The van der Waals surface area contributed by atoms with E-state index >= 15 is 0 Å². The minimum absolute atomic E-state index is 0.935. The maximum atomic E-state index is 3.52. The molecule has 0 aromatic rings. The quantitative estimate of drug-likeness (QED) is 0.726. The lowest BCUT2D eigenvalue weighted by Gasteiger charge is -2.30. The molecule has 1 aliphatic heterocycles. The van der Waals surface area contributed by atoms with Crippen LogP contribution in [-0.2, 0) is 0 Å². The van der Waals surface area contributed by atoms with Gasteiger partial charge in [0.25, 0.3) is 0 Å². The molecule has 2 heteroatoms. The third-order valence-electron chi connectivity index (χ3n) is 3.47. The fraction of sp³-hybridized carbons (Fsp3) is 1.00. The second kappa shape index (κ2) is 6.41. The van der Waals surface area contributed by atoms with Crippen molar-refractivity contribution in [2.75, 3.05) is 33.7 Å². The number of hydrogen-bond acceptors (Lipinski definition) is 2. The van der Waals surface area contributed by atoms with Gasteiger partial charge in [-0.1, -0.05) is 13.3 Å². The van der Waals surface area contributed by atoms with E-state index in [4.69, 9.17) is 0 Å². The Morgan fingerprint density at radius 2 is 2.21 bits per heavy atom. The maximum Gasteiger partial charge on any atom is -0.00179 e. The summed E-state index contributed by atoms with van der Waals surface area (Å²) in [6.45, 7) is 6.08. The molecule has 0 aromatic carbocycles. The number of hydrogen-bond donors (Lipinski definition) is 1. The van der Waals surface area contributed by atoms with Gasteiger partial charge in [0.05, 0.1) is 0 Å². The Balaban J connectivity index is 2.28. The normalized spacial score (nSPS) is 25.3. The van der Waals surface area contributed by atoms with Gasteiger partial charge < -0.3 is 10.2 Å². The van der Waals surface area contributed by atoms with Crippen molar-refractivity contribution in [2.45, 2.75) is 32.6 Å². The van der Waals surface area contributed by atoms with E-state index < -0.39 is 0 Å². The lowest BCUT2D eigenvalue weighted by molar-refractivity contribution is 0.224. The van der Waals surface area contributed by atoms with Crippen LogP contribution in [0.2, 0.25) is 0 Å². The summed E-state index contributed by atoms with van der Waals surface area (Å²) in [5.41, 5.74) is 0. The van der Waals surface area contributed by atoms with Gasteiger partial charge >= 0.3 is 0 Å². The van der Waals surface area contributed by atoms with Crippen LogP contribution in [0.3, 0.4) is 0 Å². The minimum atomic E-state index is 0.935. The average molecular weight is 198 g/mol. The van der Waals surface area contributed by atoms with Crippen molar-refractivity contribution in [3.63, 3.8) is 0 Å². The van der Waals surface area contributed by atoms with E-state index in [9.17, 15) is 0 Å². The van der Waals surface area contributed by atoms with Gasteiger partial charge in [-0.2, -0.15) is 0 Å². The fourth-order valence-corrected chi connectivity index (χ4v) is 2.48. The first kappa shape index (κ1) is 12.0. The molecule has 0 saturated carbocycles. The second-order valence-corrected chi connectivity index (χ2v) is 4.87. The van der Waals surface area contributed by atoms with Crippen LogP contribution >= 0.6 is 0 Å². The summed E-state index contributed by atoms with van der Waals surface area (Å²) < 4.78 is 0. The van der Waals surface area contributed by atoms with Gasteiger partial charge in [0, 0.05) is 0 Å². The molecule has 2 atom stereocenters. The van der Waals surface area contributed by atoms with E-state index in [1.165, 1.54) is 45.3 Å². The second-order valence-electron chi connectivity index (χ2n) is 4.87. The summed E-state index contributed by atoms with van der Waals surface area (Å²) in [5.74, 6) is 1.87. The van der Waals surface area contributed by atoms with E-state index in [0.717, 1.165) is 11.8 Å². The van der Waals surface area contributed by atoms with Crippen LogP contribution < -0.4 is 5.32 Å². The Morgan fingerprint density at radius 1 is 1.43 bits per heavy atom. The minimum Gasteiger partial charge on any atom is -0.316 e. The van der Waals surface area contributed by atoms with Gasteiger partial charge in [0.1, 0.15) is 0 Å². The monoisotopic (exact) mass is 198 g/mol. The van der Waals surface area contributed by atoms with Gasteiger partial charge in [-0.25, -0.2) is 0 Å².